The van der Waals surface area contributed by atoms with Crippen LogP contribution in [0.2, 0.25) is 0 Å². The molecule has 0 aromatic heterocycles. The van der Waals surface area contributed by atoms with Gasteiger partial charge in [0, 0.05) is 12.6 Å². The predicted molar refractivity (Wildman–Crippen MR) is 82.3 cm³/mol. The van der Waals surface area contributed by atoms with Gasteiger partial charge in [-0.3, -0.25) is 0 Å². The molecule has 0 saturated carbocycles. The highest BCUT2D eigenvalue weighted by Gasteiger charge is 2.17. The molecule has 2 rings (SSSR count). The fourth-order valence-electron chi connectivity index (χ4n) is 3.08. The van der Waals surface area contributed by atoms with Crippen molar-refractivity contribution in [2.24, 2.45) is 0 Å². The summed E-state index contributed by atoms with van der Waals surface area (Å²) in [4.78, 5) is 2.42. The molecular weight excluding hydrogens is 274 g/mol. The van der Waals surface area contributed by atoms with Crippen molar-refractivity contribution in [2.45, 2.75) is 51.0 Å². The van der Waals surface area contributed by atoms with Crippen molar-refractivity contribution in [2.75, 3.05) is 38.5 Å². The first-order valence-corrected chi connectivity index (χ1v) is 9.74. The fraction of sp³-hybridized carbons (Fsp3) is 1.00. The molecule has 2 heterocycles. The van der Waals surface area contributed by atoms with Gasteiger partial charge in [-0.2, -0.15) is 0 Å². The Morgan fingerprint density at radius 1 is 1.15 bits per heavy atom. The first-order valence-electron chi connectivity index (χ1n) is 8.09. The monoisotopic (exact) mass is 303 g/mol. The molecule has 2 aliphatic heterocycles. The average molecular weight is 303 g/mol. The fourth-order valence-corrected chi connectivity index (χ4v) is 4.27. The number of nitrogens with one attached hydrogen (secondary N) is 2. The molecule has 2 saturated heterocycles. The van der Waals surface area contributed by atoms with E-state index in [0.29, 0.717) is 12.6 Å². The first kappa shape index (κ1) is 16.2. The number of nitrogens with zero attached hydrogens (tertiary/aromatic N) is 1. The molecule has 2 fully saturated rings. The van der Waals surface area contributed by atoms with Gasteiger partial charge in [0.2, 0.25) is 10.0 Å². The Hall–Kier alpha value is -0.170. The predicted octanol–water partition coefficient (Wildman–Crippen LogP) is 0.924. The van der Waals surface area contributed by atoms with Crippen molar-refractivity contribution < 1.29 is 8.42 Å². The van der Waals surface area contributed by atoms with Gasteiger partial charge < -0.3 is 10.2 Å². The van der Waals surface area contributed by atoms with Gasteiger partial charge in [0.15, 0.2) is 0 Å². The van der Waals surface area contributed by atoms with Crippen LogP contribution in [0.5, 0.6) is 0 Å². The quantitative estimate of drug-likeness (QED) is 0.655. The van der Waals surface area contributed by atoms with Crippen molar-refractivity contribution >= 4 is 10.0 Å². The molecule has 6 heteroatoms. The molecule has 0 aliphatic carbocycles. The highest BCUT2D eigenvalue weighted by atomic mass is 32.2. The van der Waals surface area contributed by atoms with E-state index in [1.807, 2.05) is 0 Å². The highest BCUT2D eigenvalue weighted by Crippen LogP contribution is 2.11. The molecule has 20 heavy (non-hydrogen) atoms. The number of piperidine rings is 1. The second-order valence-corrected chi connectivity index (χ2v) is 7.98. The van der Waals surface area contributed by atoms with Gasteiger partial charge in [-0.15, -0.1) is 0 Å². The minimum absolute atomic E-state index is 0.258. The molecule has 0 radical (unpaired) electrons. The summed E-state index contributed by atoms with van der Waals surface area (Å²) in [7, 11) is -3.09. The zero-order valence-electron chi connectivity index (χ0n) is 12.4. The molecule has 2 aliphatic rings. The van der Waals surface area contributed by atoms with Crippen molar-refractivity contribution in [1.82, 2.24) is 14.9 Å². The molecule has 2 N–H and O–H groups in total. The van der Waals surface area contributed by atoms with E-state index in [2.05, 4.69) is 14.9 Å². The van der Waals surface area contributed by atoms with Crippen molar-refractivity contribution in [1.29, 1.82) is 0 Å². The van der Waals surface area contributed by atoms with Crippen LogP contribution in [0.15, 0.2) is 0 Å². The van der Waals surface area contributed by atoms with E-state index in [1.54, 1.807) is 0 Å². The number of rotatable bonds is 8. The topological polar surface area (TPSA) is 61.4 Å². The molecule has 118 valence electrons. The van der Waals surface area contributed by atoms with E-state index in [1.165, 1.54) is 38.8 Å². The highest BCUT2D eigenvalue weighted by molar-refractivity contribution is 7.89. The normalized spacial score (nSPS) is 25.1. The van der Waals surface area contributed by atoms with E-state index >= 15 is 0 Å². The van der Waals surface area contributed by atoms with Gasteiger partial charge in [-0.1, -0.05) is 6.42 Å². The Labute approximate surface area is 123 Å². The lowest BCUT2D eigenvalue weighted by Crippen LogP contribution is -2.37. The Morgan fingerprint density at radius 2 is 1.95 bits per heavy atom. The molecule has 1 atom stereocenters. The Morgan fingerprint density at radius 3 is 2.65 bits per heavy atom. The van der Waals surface area contributed by atoms with E-state index in [-0.39, 0.29) is 5.75 Å². The second kappa shape index (κ2) is 8.32. The molecular formula is C14H29N3O2S. The first-order chi connectivity index (χ1) is 9.66. The largest absolute Gasteiger partial charge is 0.314 e. The van der Waals surface area contributed by atoms with Gasteiger partial charge in [-0.25, -0.2) is 13.1 Å². The lowest BCUT2D eigenvalue weighted by molar-refractivity contribution is 0.334. The smallest absolute Gasteiger partial charge is 0.211 e. The number of likely N-dealkylation sites (tertiary alicyclic amines) is 1. The lowest BCUT2D eigenvalue weighted by Gasteiger charge is -2.23. The zero-order valence-corrected chi connectivity index (χ0v) is 13.3. The summed E-state index contributed by atoms with van der Waals surface area (Å²) < 4.78 is 26.6. The third-order valence-electron chi connectivity index (χ3n) is 4.32. The minimum atomic E-state index is -3.09. The molecule has 1 unspecified atom stereocenters. The number of sulfonamides is 1. The Kier molecular flexibility index (Phi) is 6.74. The van der Waals surface area contributed by atoms with Crippen LogP contribution in [0.1, 0.15) is 44.9 Å². The van der Waals surface area contributed by atoms with Crippen LogP contribution in [0.3, 0.4) is 0 Å². The third-order valence-corrected chi connectivity index (χ3v) is 5.74. The molecule has 0 bridgehead atoms. The lowest BCUT2D eigenvalue weighted by atomic mass is 10.0. The maximum absolute atomic E-state index is 11.9. The Balaban J connectivity index is 1.55. The van der Waals surface area contributed by atoms with Crippen molar-refractivity contribution in [3.05, 3.63) is 0 Å². The van der Waals surface area contributed by atoms with Crippen LogP contribution in [0.4, 0.5) is 0 Å². The SMILES string of the molecule is O=S(=O)(CCC1CCCCN1)NCCCN1CCCC1. The van der Waals surface area contributed by atoms with Gasteiger partial charge >= 0.3 is 0 Å². The van der Waals surface area contributed by atoms with Crippen LogP contribution in [0.25, 0.3) is 0 Å². The van der Waals surface area contributed by atoms with Gasteiger partial charge in [-0.05, 0) is 64.7 Å². The van der Waals surface area contributed by atoms with Gasteiger partial charge in [0.25, 0.3) is 0 Å². The third kappa shape index (κ3) is 6.08. The van der Waals surface area contributed by atoms with Crippen molar-refractivity contribution in [3.63, 3.8) is 0 Å². The standard InChI is InChI=1S/C14H29N3O2S/c18-20(19,13-7-14-6-1-2-8-15-14)16-9-5-12-17-10-3-4-11-17/h14-16H,1-13H2. The molecule has 0 aromatic rings. The summed E-state index contributed by atoms with van der Waals surface area (Å²) in [6, 6.07) is 0.393. The van der Waals surface area contributed by atoms with E-state index in [9.17, 15) is 8.42 Å². The van der Waals surface area contributed by atoms with Gasteiger partial charge in [0.05, 0.1) is 5.75 Å². The summed E-state index contributed by atoms with van der Waals surface area (Å²) in [5.74, 6) is 0.258. The zero-order chi connectivity index (χ0) is 14.3. The number of hydrogen-bond acceptors (Lipinski definition) is 4. The molecule has 0 spiro atoms. The van der Waals surface area contributed by atoms with Crippen LogP contribution in [0, 0.1) is 0 Å². The molecule has 5 nitrogen and oxygen atoms in total. The van der Waals surface area contributed by atoms with E-state index in [4.69, 9.17) is 0 Å². The summed E-state index contributed by atoms with van der Waals surface area (Å²) in [6.07, 6.45) is 7.80. The number of hydrogen-bond donors (Lipinski definition) is 2. The second-order valence-electron chi connectivity index (χ2n) is 6.05. The maximum Gasteiger partial charge on any atom is 0.211 e. The summed E-state index contributed by atoms with van der Waals surface area (Å²) in [5.41, 5.74) is 0. The van der Waals surface area contributed by atoms with Crippen LogP contribution in [-0.4, -0.2) is 57.8 Å². The molecule has 0 amide bonds. The van der Waals surface area contributed by atoms with E-state index < -0.39 is 10.0 Å². The average Bonchev–Trinajstić information content (AvgIpc) is 2.96. The maximum atomic E-state index is 11.9. The van der Waals surface area contributed by atoms with Crippen LogP contribution >= 0.6 is 0 Å². The molecule has 0 aromatic carbocycles. The minimum Gasteiger partial charge on any atom is -0.314 e. The van der Waals surface area contributed by atoms with Crippen LogP contribution in [-0.2, 0) is 10.0 Å². The Bertz CT molecular complexity index is 361. The van der Waals surface area contributed by atoms with Crippen molar-refractivity contribution in [3.8, 4) is 0 Å². The summed E-state index contributed by atoms with van der Waals surface area (Å²) >= 11 is 0. The van der Waals surface area contributed by atoms with E-state index in [0.717, 1.165) is 32.4 Å². The summed E-state index contributed by atoms with van der Waals surface area (Å²) in [6.45, 7) is 5.00. The van der Waals surface area contributed by atoms with Gasteiger partial charge in [0.1, 0.15) is 0 Å². The van der Waals surface area contributed by atoms with Crippen LogP contribution < -0.4 is 10.0 Å². The summed E-state index contributed by atoms with van der Waals surface area (Å²) in [5, 5.41) is 3.40.